The maximum absolute atomic E-state index is 6.16. The molecule has 0 aromatic carbocycles. The van der Waals surface area contributed by atoms with Crippen LogP contribution in [0.3, 0.4) is 0 Å². The Morgan fingerprint density at radius 2 is 1.05 bits per heavy atom. The van der Waals surface area contributed by atoms with Crippen molar-refractivity contribution in [1.82, 2.24) is 5.32 Å². The summed E-state index contributed by atoms with van der Waals surface area (Å²) in [6.07, 6.45) is 7.12. The van der Waals surface area contributed by atoms with Crippen LogP contribution < -0.4 is 5.32 Å². The maximum Gasteiger partial charge on any atom is 0.178 e. The molecule has 0 amide bonds. The van der Waals surface area contributed by atoms with Gasteiger partial charge >= 0.3 is 0 Å². The van der Waals surface area contributed by atoms with Gasteiger partial charge in [-0.15, -0.1) is 0 Å². The third kappa shape index (κ3) is 6.51. The first-order valence-electron chi connectivity index (χ1n) is 7.53. The third-order valence-electron chi connectivity index (χ3n) is 4.67. The zero-order chi connectivity index (χ0) is 14.8. The average molecular weight is 338 g/mol. The van der Waals surface area contributed by atoms with Gasteiger partial charge in [0.15, 0.2) is 17.7 Å². The molecule has 4 radical (unpaired) electrons. The predicted molar refractivity (Wildman–Crippen MR) is 91.9 cm³/mol. The van der Waals surface area contributed by atoms with Gasteiger partial charge in [0.2, 0.25) is 0 Å². The Labute approximate surface area is 134 Å². The Morgan fingerprint density at radius 1 is 0.737 bits per heavy atom. The van der Waals surface area contributed by atoms with Gasteiger partial charge in [-0.25, -0.2) is 0 Å². The van der Waals surface area contributed by atoms with Crippen molar-refractivity contribution in [2.45, 2.75) is 76.3 Å². The molecule has 0 aliphatic carbocycles. The van der Waals surface area contributed by atoms with Crippen molar-refractivity contribution in [3.05, 3.63) is 0 Å². The highest BCUT2D eigenvalue weighted by Gasteiger charge is 2.27. The second-order valence-electron chi connectivity index (χ2n) is 5.41. The van der Waals surface area contributed by atoms with Crippen molar-refractivity contribution < 1.29 is 0 Å². The van der Waals surface area contributed by atoms with E-state index < -0.39 is 0 Å². The van der Waals surface area contributed by atoms with Crippen LogP contribution in [0, 0.1) is 0 Å². The molecule has 0 bridgehead atoms. The molecule has 0 aliphatic rings. The number of nitrogens with one attached hydrogen (secondary N) is 1. The van der Waals surface area contributed by atoms with Gasteiger partial charge in [-0.1, -0.05) is 53.4 Å². The lowest BCUT2D eigenvalue weighted by atomic mass is 9.96. The first-order valence-corrected chi connectivity index (χ1v) is 11.6. The zero-order valence-corrected chi connectivity index (χ0v) is 16.4. The zero-order valence-electron chi connectivity index (χ0n) is 12.9. The van der Waals surface area contributed by atoms with Crippen LogP contribution in [0.15, 0.2) is 0 Å². The molecule has 0 aromatic rings. The molecule has 0 rings (SSSR count). The van der Waals surface area contributed by atoms with E-state index in [1.165, 1.54) is 38.5 Å². The molecule has 112 valence electrons. The van der Waals surface area contributed by atoms with E-state index in [1.807, 2.05) is 0 Å². The van der Waals surface area contributed by atoms with Gasteiger partial charge in [0.05, 0.1) is 0 Å². The summed E-state index contributed by atoms with van der Waals surface area (Å²) in [5.74, 6) is 0. The molecule has 0 aromatic heterocycles. The Balaban J connectivity index is 3.98. The summed E-state index contributed by atoms with van der Waals surface area (Å²) in [6.45, 7) is 11.2. The molecule has 1 N–H and O–H groups in total. The Morgan fingerprint density at radius 3 is 1.26 bits per heavy atom. The van der Waals surface area contributed by atoms with Crippen LogP contribution >= 0.6 is 22.2 Å². The van der Waals surface area contributed by atoms with Gasteiger partial charge in [0.1, 0.15) is 0 Å². The molecular formula is C14H29Cl2NSi2. The van der Waals surface area contributed by atoms with E-state index in [2.05, 4.69) is 33.0 Å². The topological polar surface area (TPSA) is 12.0 Å². The largest absolute Gasteiger partial charge is 0.317 e. The summed E-state index contributed by atoms with van der Waals surface area (Å²) in [5, 5.41) is 4.31. The number of hydrogen-bond donors (Lipinski definition) is 1. The van der Waals surface area contributed by atoms with Crippen LogP contribution in [0.1, 0.15) is 66.2 Å². The third-order valence-corrected chi connectivity index (χ3v) is 9.79. The predicted octanol–water partition coefficient (Wildman–Crippen LogP) is 5.03. The van der Waals surface area contributed by atoms with Crippen LogP contribution in [-0.2, 0) is 0 Å². The van der Waals surface area contributed by atoms with Gasteiger partial charge < -0.3 is 5.32 Å². The normalized spacial score (nSPS) is 12.9. The molecule has 0 unspecified atom stereocenters. The molecule has 0 heterocycles. The van der Waals surface area contributed by atoms with Crippen LogP contribution in [0.4, 0.5) is 0 Å². The van der Waals surface area contributed by atoms with Crippen molar-refractivity contribution in [3.8, 4) is 0 Å². The van der Waals surface area contributed by atoms with Crippen molar-refractivity contribution in [2.24, 2.45) is 0 Å². The standard InChI is InChI=1S/C14H29Cl2NSi2/c1-5-13(6-2,18-15)9-11-17-12-10-14(7-3,8-4)19-16/h17H,5-12H2,1-4H3. The fraction of sp³-hybridized carbons (Fsp3) is 1.00. The van der Waals surface area contributed by atoms with E-state index in [4.69, 9.17) is 22.2 Å². The van der Waals surface area contributed by atoms with Gasteiger partial charge in [0.25, 0.3) is 0 Å². The molecule has 0 atom stereocenters. The lowest BCUT2D eigenvalue weighted by Crippen LogP contribution is -2.28. The van der Waals surface area contributed by atoms with Crippen molar-refractivity contribution in [2.75, 3.05) is 13.1 Å². The minimum absolute atomic E-state index is 0.357. The summed E-state index contributed by atoms with van der Waals surface area (Å²) < 4.78 is 0. The molecule has 0 fully saturated rings. The monoisotopic (exact) mass is 337 g/mol. The molecule has 1 nitrogen and oxygen atoms in total. The fourth-order valence-corrected chi connectivity index (χ4v) is 5.49. The molecule has 0 aliphatic heterocycles. The van der Waals surface area contributed by atoms with Crippen LogP contribution in [0.2, 0.25) is 10.1 Å². The summed E-state index contributed by atoms with van der Waals surface area (Å²) in [5.41, 5.74) is 0. The quantitative estimate of drug-likeness (QED) is 0.299. The Hall–Kier alpha value is 0.974. The average Bonchev–Trinajstić information content (AvgIpc) is 2.48. The first-order chi connectivity index (χ1) is 9.07. The van der Waals surface area contributed by atoms with E-state index in [1.54, 1.807) is 0 Å². The summed E-state index contributed by atoms with van der Waals surface area (Å²) in [6, 6.07) is 0. The Kier molecular flexibility index (Phi) is 11.2. The second-order valence-corrected chi connectivity index (χ2v) is 9.05. The first kappa shape index (κ1) is 20.0. The number of rotatable bonds is 12. The smallest absolute Gasteiger partial charge is 0.178 e. The van der Waals surface area contributed by atoms with Gasteiger partial charge in [-0.05, 0) is 36.0 Å². The van der Waals surface area contributed by atoms with Crippen LogP contribution in [0.25, 0.3) is 0 Å². The van der Waals surface area contributed by atoms with Crippen molar-refractivity contribution in [1.29, 1.82) is 0 Å². The van der Waals surface area contributed by atoms with E-state index in [0.717, 1.165) is 13.1 Å². The second kappa shape index (κ2) is 10.7. The summed E-state index contributed by atoms with van der Waals surface area (Å²) in [7, 11) is 1.07. The van der Waals surface area contributed by atoms with Crippen LogP contribution in [0.5, 0.6) is 0 Å². The number of halogens is 2. The summed E-state index contributed by atoms with van der Waals surface area (Å²) in [4.78, 5) is 0. The minimum Gasteiger partial charge on any atom is -0.317 e. The minimum atomic E-state index is 0.357. The van der Waals surface area contributed by atoms with Crippen molar-refractivity contribution in [3.63, 3.8) is 0 Å². The maximum atomic E-state index is 6.16. The van der Waals surface area contributed by atoms with E-state index >= 15 is 0 Å². The molecular weight excluding hydrogens is 309 g/mol. The SMILES string of the molecule is CCC(CC)(CCNCCC(CC)(CC)[Si]Cl)[Si]Cl. The lowest BCUT2D eigenvalue weighted by molar-refractivity contribution is 0.429. The van der Waals surface area contributed by atoms with E-state index in [-0.39, 0.29) is 0 Å². The fourth-order valence-electron chi connectivity index (χ4n) is 2.35. The molecule has 5 heteroatoms. The summed E-state index contributed by atoms with van der Waals surface area (Å²) >= 11 is 12.3. The highest BCUT2D eigenvalue weighted by molar-refractivity contribution is 6.95. The van der Waals surface area contributed by atoms with E-state index in [9.17, 15) is 0 Å². The van der Waals surface area contributed by atoms with Crippen molar-refractivity contribution >= 4 is 39.8 Å². The molecule has 0 saturated carbocycles. The van der Waals surface area contributed by atoms with E-state index in [0.29, 0.717) is 27.7 Å². The number of hydrogen-bond acceptors (Lipinski definition) is 1. The van der Waals surface area contributed by atoms with Gasteiger partial charge in [-0.2, -0.15) is 22.2 Å². The lowest BCUT2D eigenvalue weighted by Gasteiger charge is -2.30. The highest BCUT2D eigenvalue weighted by Crippen LogP contribution is 2.39. The highest BCUT2D eigenvalue weighted by atomic mass is 35.6. The molecule has 0 spiro atoms. The van der Waals surface area contributed by atoms with Crippen LogP contribution in [-0.4, -0.2) is 30.7 Å². The van der Waals surface area contributed by atoms with Gasteiger partial charge in [0, 0.05) is 0 Å². The Bertz CT molecular complexity index is 181. The molecule has 19 heavy (non-hydrogen) atoms. The molecule has 0 saturated heterocycles. The van der Waals surface area contributed by atoms with Gasteiger partial charge in [-0.3, -0.25) is 0 Å².